The normalized spacial score (nSPS) is 31.9. The number of hydrogen-bond acceptors (Lipinski definition) is 3. The largest absolute Gasteiger partial charge is 0.294 e. The fraction of sp³-hybridized carbons (Fsp3) is 0.471. The van der Waals surface area contributed by atoms with Crippen molar-refractivity contribution in [2.75, 3.05) is 0 Å². The van der Waals surface area contributed by atoms with Crippen molar-refractivity contribution in [2.45, 2.75) is 38.5 Å². The van der Waals surface area contributed by atoms with Gasteiger partial charge in [-0.2, -0.15) is 0 Å². The Bertz CT molecular complexity index is 792. The molecule has 2 atom stereocenters. The Balaban J connectivity index is 2.07. The Morgan fingerprint density at radius 1 is 1.27 bits per heavy atom. The second-order valence-electron chi connectivity index (χ2n) is 7.19. The Morgan fingerprint density at radius 2 is 1.95 bits per heavy atom. The van der Waals surface area contributed by atoms with Crippen LogP contribution < -0.4 is 5.14 Å². The number of nitrogens with two attached hydrogens (primary N) is 1. The number of sulfonamides is 1. The van der Waals surface area contributed by atoms with Gasteiger partial charge in [-0.15, -0.1) is 0 Å². The average molecular weight is 319 g/mol. The first kappa shape index (κ1) is 15.4. The van der Waals surface area contributed by atoms with E-state index in [2.05, 4.69) is 20.8 Å². The van der Waals surface area contributed by atoms with Crippen LogP contribution in [0.5, 0.6) is 0 Å². The Morgan fingerprint density at radius 3 is 2.50 bits per heavy atom. The minimum atomic E-state index is -3.73. The molecule has 118 valence electrons. The van der Waals surface area contributed by atoms with Crippen LogP contribution in [-0.2, 0) is 14.8 Å². The summed E-state index contributed by atoms with van der Waals surface area (Å²) in [6.07, 6.45) is 3.78. The van der Waals surface area contributed by atoms with E-state index in [9.17, 15) is 13.2 Å². The van der Waals surface area contributed by atoms with Crippen molar-refractivity contribution >= 4 is 21.9 Å². The Kier molecular flexibility index (Phi) is 3.17. The smallest absolute Gasteiger partial charge is 0.238 e. The maximum Gasteiger partial charge on any atom is 0.238 e. The quantitative estimate of drug-likeness (QED) is 0.851. The maximum absolute atomic E-state index is 12.8. The summed E-state index contributed by atoms with van der Waals surface area (Å²) in [5.74, 6) is 0.442. The molecule has 0 spiro atoms. The molecule has 2 saturated carbocycles. The highest BCUT2D eigenvalue weighted by molar-refractivity contribution is 7.89. The van der Waals surface area contributed by atoms with Crippen LogP contribution >= 0.6 is 0 Å². The van der Waals surface area contributed by atoms with Crippen LogP contribution in [-0.4, -0.2) is 14.2 Å². The third-order valence-corrected chi connectivity index (χ3v) is 6.78. The third-order valence-electron chi connectivity index (χ3n) is 5.87. The first-order valence-electron chi connectivity index (χ1n) is 7.47. The summed E-state index contributed by atoms with van der Waals surface area (Å²) in [6, 6.07) is 6.44. The van der Waals surface area contributed by atoms with Gasteiger partial charge in [-0.05, 0) is 53.5 Å². The van der Waals surface area contributed by atoms with Gasteiger partial charge in [0.15, 0.2) is 5.78 Å². The lowest BCUT2D eigenvalue weighted by atomic mass is 9.70. The summed E-state index contributed by atoms with van der Waals surface area (Å²) < 4.78 is 22.9. The van der Waals surface area contributed by atoms with E-state index >= 15 is 0 Å². The van der Waals surface area contributed by atoms with Crippen LogP contribution in [0.4, 0.5) is 0 Å². The van der Waals surface area contributed by atoms with Gasteiger partial charge in [0.05, 0.1) is 4.90 Å². The van der Waals surface area contributed by atoms with Crippen molar-refractivity contribution in [1.29, 1.82) is 0 Å². The zero-order valence-corrected chi connectivity index (χ0v) is 13.9. The van der Waals surface area contributed by atoms with Gasteiger partial charge in [0, 0.05) is 5.41 Å². The van der Waals surface area contributed by atoms with E-state index in [1.54, 1.807) is 12.1 Å². The van der Waals surface area contributed by atoms with E-state index in [0.29, 0.717) is 5.56 Å². The number of Topliss-reactive ketones (excluding diaryl/α,β-unsaturated/α-hetero) is 1. The van der Waals surface area contributed by atoms with E-state index in [-0.39, 0.29) is 27.4 Å². The molecule has 3 rings (SSSR count). The number of primary sulfonamides is 1. The maximum atomic E-state index is 12.8. The molecule has 4 nitrogen and oxygen atoms in total. The number of benzene rings is 1. The molecule has 2 aliphatic rings. The van der Waals surface area contributed by atoms with Crippen molar-refractivity contribution in [2.24, 2.45) is 21.9 Å². The molecule has 22 heavy (non-hydrogen) atoms. The molecule has 2 bridgehead atoms. The van der Waals surface area contributed by atoms with Crippen LogP contribution in [0, 0.1) is 16.7 Å². The molecule has 0 radical (unpaired) electrons. The predicted octanol–water partition coefficient (Wildman–Crippen LogP) is 2.74. The molecule has 2 fully saturated rings. The molecule has 1 aromatic carbocycles. The summed E-state index contributed by atoms with van der Waals surface area (Å²) in [6.45, 7) is 6.37. The number of rotatable bonds is 2. The van der Waals surface area contributed by atoms with E-state index < -0.39 is 10.0 Å². The lowest BCUT2D eigenvalue weighted by Gasteiger charge is -2.31. The van der Waals surface area contributed by atoms with Gasteiger partial charge in [0.1, 0.15) is 0 Å². The SMILES string of the molecule is CC12CCC(C(=Cc3cccc(S(N)(=O)=O)c3)C1=O)C2(C)C. The van der Waals surface area contributed by atoms with Gasteiger partial charge in [-0.3, -0.25) is 4.79 Å². The summed E-state index contributed by atoms with van der Waals surface area (Å²) in [4.78, 5) is 12.9. The lowest BCUT2D eigenvalue weighted by molar-refractivity contribution is -0.125. The number of ketones is 1. The van der Waals surface area contributed by atoms with Crippen LogP contribution in [0.15, 0.2) is 34.7 Å². The lowest BCUT2D eigenvalue weighted by Crippen LogP contribution is -2.32. The predicted molar refractivity (Wildman–Crippen MR) is 85.4 cm³/mol. The Hall–Kier alpha value is -1.46. The van der Waals surface area contributed by atoms with Crippen molar-refractivity contribution in [1.82, 2.24) is 0 Å². The molecule has 0 amide bonds. The number of hydrogen-bond donors (Lipinski definition) is 1. The number of allylic oxidation sites excluding steroid dienone is 1. The summed E-state index contributed by atoms with van der Waals surface area (Å²) in [5, 5.41) is 5.17. The molecule has 1 aromatic rings. The van der Waals surface area contributed by atoms with Gasteiger partial charge in [0.25, 0.3) is 0 Å². The fourth-order valence-corrected chi connectivity index (χ4v) is 4.62. The van der Waals surface area contributed by atoms with Gasteiger partial charge in [0.2, 0.25) is 10.0 Å². The van der Waals surface area contributed by atoms with Crippen LogP contribution in [0.1, 0.15) is 39.2 Å². The topological polar surface area (TPSA) is 77.2 Å². The summed E-state index contributed by atoms with van der Waals surface area (Å²) in [5.41, 5.74) is 1.18. The number of fused-ring (bicyclic) bond motifs is 2. The molecule has 2 N–H and O–H groups in total. The van der Waals surface area contributed by atoms with Crippen LogP contribution in [0.2, 0.25) is 0 Å². The molecule has 0 aromatic heterocycles. The van der Waals surface area contributed by atoms with Crippen molar-refractivity contribution in [3.8, 4) is 0 Å². The van der Waals surface area contributed by atoms with Gasteiger partial charge in [-0.25, -0.2) is 13.6 Å². The first-order chi connectivity index (χ1) is 10.1. The van der Waals surface area contributed by atoms with Crippen LogP contribution in [0.3, 0.4) is 0 Å². The van der Waals surface area contributed by atoms with E-state index in [0.717, 1.165) is 18.4 Å². The molecule has 0 aliphatic heterocycles. The minimum absolute atomic E-state index is 0.0481. The van der Waals surface area contributed by atoms with E-state index in [1.807, 2.05) is 6.08 Å². The van der Waals surface area contributed by atoms with Crippen LogP contribution in [0.25, 0.3) is 6.08 Å². The molecular formula is C17H21NO3S. The van der Waals surface area contributed by atoms with E-state index in [4.69, 9.17) is 5.14 Å². The van der Waals surface area contributed by atoms with Crippen molar-refractivity contribution in [3.05, 3.63) is 35.4 Å². The van der Waals surface area contributed by atoms with E-state index in [1.165, 1.54) is 12.1 Å². The zero-order valence-electron chi connectivity index (χ0n) is 13.1. The summed E-state index contributed by atoms with van der Waals surface area (Å²) >= 11 is 0. The Labute approximate surface area is 131 Å². The highest BCUT2D eigenvalue weighted by Gasteiger charge is 2.63. The van der Waals surface area contributed by atoms with Gasteiger partial charge in [-0.1, -0.05) is 32.9 Å². The molecular weight excluding hydrogens is 298 g/mol. The third kappa shape index (κ3) is 1.99. The van der Waals surface area contributed by atoms with Crippen molar-refractivity contribution < 1.29 is 13.2 Å². The highest BCUT2D eigenvalue weighted by atomic mass is 32.2. The van der Waals surface area contributed by atoms with Gasteiger partial charge < -0.3 is 0 Å². The number of carbonyl (C=O) groups excluding carboxylic acids is 1. The first-order valence-corrected chi connectivity index (χ1v) is 9.01. The summed E-state index contributed by atoms with van der Waals surface area (Å²) in [7, 11) is -3.73. The average Bonchev–Trinajstić information content (AvgIpc) is 2.73. The second kappa shape index (κ2) is 4.52. The molecule has 0 saturated heterocycles. The standard InChI is InChI=1S/C17H21NO3S/c1-16(2)14-7-8-17(16,3)15(19)13(14)10-11-5-4-6-12(9-11)22(18,20)21/h4-6,9-10,14H,7-8H2,1-3H3,(H2,18,20,21). The zero-order chi connectivity index (χ0) is 16.3. The molecule has 2 aliphatic carbocycles. The van der Waals surface area contributed by atoms with Crippen molar-refractivity contribution in [3.63, 3.8) is 0 Å². The molecule has 5 heteroatoms. The minimum Gasteiger partial charge on any atom is -0.294 e. The monoisotopic (exact) mass is 319 g/mol. The number of carbonyl (C=O) groups is 1. The highest BCUT2D eigenvalue weighted by Crippen LogP contribution is 2.65. The molecule has 0 heterocycles. The van der Waals surface area contributed by atoms with Gasteiger partial charge >= 0.3 is 0 Å². The fourth-order valence-electron chi connectivity index (χ4n) is 4.05. The molecule has 2 unspecified atom stereocenters. The second-order valence-corrected chi connectivity index (χ2v) is 8.75.